The number of hydrogen-bond donors (Lipinski definition) is 1. The molecule has 0 radical (unpaired) electrons. The van der Waals surface area contributed by atoms with Crippen molar-refractivity contribution in [2.24, 2.45) is 0 Å². The predicted octanol–water partition coefficient (Wildman–Crippen LogP) is 5.07. The quantitative estimate of drug-likeness (QED) is 0.343. The van der Waals surface area contributed by atoms with Crippen LogP contribution in [-0.2, 0) is 0 Å². The molecular formula is C27H20ClN7O. The second-order valence-corrected chi connectivity index (χ2v) is 8.37. The Labute approximate surface area is 212 Å². The molecule has 0 aliphatic rings. The molecule has 2 aromatic carbocycles. The number of carbonyl (C=O) groups is 1. The van der Waals surface area contributed by atoms with Crippen molar-refractivity contribution in [3.8, 4) is 28.5 Å². The molecule has 0 aliphatic heterocycles. The van der Waals surface area contributed by atoms with Crippen molar-refractivity contribution in [1.29, 1.82) is 5.26 Å². The maximum Gasteiger partial charge on any atom is 0.279 e. The van der Waals surface area contributed by atoms with Crippen molar-refractivity contribution in [2.45, 2.75) is 6.92 Å². The first kappa shape index (κ1) is 23.2. The molecule has 3 heterocycles. The molecule has 5 aromatic rings. The van der Waals surface area contributed by atoms with Gasteiger partial charge >= 0.3 is 0 Å². The van der Waals surface area contributed by atoms with Gasteiger partial charge in [0.25, 0.3) is 5.91 Å². The molecule has 1 amide bonds. The number of nitriles is 1. The molecule has 0 saturated heterocycles. The fourth-order valence-electron chi connectivity index (χ4n) is 4.16. The summed E-state index contributed by atoms with van der Waals surface area (Å²) < 4.78 is 1.65. The van der Waals surface area contributed by atoms with Gasteiger partial charge in [-0.25, -0.2) is 24.9 Å². The Hall–Kier alpha value is -4.58. The first-order valence-corrected chi connectivity index (χ1v) is 11.5. The van der Waals surface area contributed by atoms with E-state index in [1.54, 1.807) is 67.3 Å². The van der Waals surface area contributed by atoms with Gasteiger partial charge in [0.15, 0.2) is 5.65 Å². The van der Waals surface area contributed by atoms with Gasteiger partial charge in [-0.15, -0.1) is 0 Å². The first-order chi connectivity index (χ1) is 17.5. The molecule has 0 atom stereocenters. The SMILES string of the molecule is CNN(C(=O)c1c(C)nn2c(-c3ccc(Cl)cc3)c(-c3ccccc3C#N)cnc12)c1ccccn1. The first-order valence-electron chi connectivity index (χ1n) is 11.1. The number of nitrogens with one attached hydrogen (secondary N) is 1. The van der Waals surface area contributed by atoms with E-state index in [0.717, 1.165) is 5.56 Å². The lowest BCUT2D eigenvalue weighted by Gasteiger charge is -2.20. The third-order valence-electron chi connectivity index (χ3n) is 5.79. The van der Waals surface area contributed by atoms with Crippen LogP contribution in [0.5, 0.6) is 0 Å². The molecule has 1 N–H and O–H groups in total. The lowest BCUT2D eigenvalue weighted by Crippen LogP contribution is -2.41. The summed E-state index contributed by atoms with van der Waals surface area (Å²) in [6, 6.07) is 22.2. The minimum absolute atomic E-state index is 0.338. The highest BCUT2D eigenvalue weighted by Gasteiger charge is 2.27. The molecule has 0 aliphatic carbocycles. The number of aromatic nitrogens is 4. The highest BCUT2D eigenvalue weighted by molar-refractivity contribution is 6.30. The molecule has 36 heavy (non-hydrogen) atoms. The van der Waals surface area contributed by atoms with Gasteiger partial charge in [0, 0.05) is 41.2 Å². The second kappa shape index (κ2) is 9.58. The summed E-state index contributed by atoms with van der Waals surface area (Å²) in [4.78, 5) is 22.6. The Morgan fingerprint density at radius 2 is 1.78 bits per heavy atom. The average molecular weight is 494 g/mol. The highest BCUT2D eigenvalue weighted by atomic mass is 35.5. The fraction of sp³-hybridized carbons (Fsp3) is 0.0741. The van der Waals surface area contributed by atoms with E-state index >= 15 is 0 Å². The Morgan fingerprint density at radius 3 is 2.47 bits per heavy atom. The number of anilines is 1. The smallest absolute Gasteiger partial charge is 0.267 e. The summed E-state index contributed by atoms with van der Waals surface area (Å²) in [7, 11) is 1.65. The minimum atomic E-state index is -0.344. The molecule has 5 rings (SSSR count). The third-order valence-corrected chi connectivity index (χ3v) is 6.05. The zero-order valence-corrected chi connectivity index (χ0v) is 20.2. The van der Waals surface area contributed by atoms with E-state index in [4.69, 9.17) is 16.7 Å². The van der Waals surface area contributed by atoms with Gasteiger partial charge < -0.3 is 0 Å². The van der Waals surface area contributed by atoms with Crippen molar-refractivity contribution in [1.82, 2.24) is 25.0 Å². The third kappa shape index (κ3) is 3.96. The van der Waals surface area contributed by atoms with Gasteiger partial charge in [-0.2, -0.15) is 10.4 Å². The van der Waals surface area contributed by atoms with Gasteiger partial charge in [0.1, 0.15) is 11.4 Å². The van der Waals surface area contributed by atoms with Crippen LogP contribution in [0.1, 0.15) is 21.6 Å². The predicted molar refractivity (Wildman–Crippen MR) is 138 cm³/mol. The summed E-state index contributed by atoms with van der Waals surface area (Å²) in [5, 5.41) is 16.4. The van der Waals surface area contributed by atoms with Crippen LogP contribution < -0.4 is 10.4 Å². The monoisotopic (exact) mass is 493 g/mol. The van der Waals surface area contributed by atoms with Crippen molar-refractivity contribution in [2.75, 3.05) is 12.1 Å². The Morgan fingerprint density at radius 1 is 1.03 bits per heavy atom. The van der Waals surface area contributed by atoms with Crippen LogP contribution in [0.25, 0.3) is 28.0 Å². The fourth-order valence-corrected chi connectivity index (χ4v) is 4.28. The number of pyridine rings is 1. The van der Waals surface area contributed by atoms with Gasteiger partial charge in [0.05, 0.1) is 23.0 Å². The van der Waals surface area contributed by atoms with E-state index in [1.165, 1.54) is 5.01 Å². The van der Waals surface area contributed by atoms with Crippen LogP contribution in [0.3, 0.4) is 0 Å². The summed E-state index contributed by atoms with van der Waals surface area (Å²) >= 11 is 6.16. The number of carbonyl (C=O) groups excluding carboxylic acids is 1. The molecule has 8 nitrogen and oxygen atoms in total. The number of amides is 1. The highest BCUT2D eigenvalue weighted by Crippen LogP contribution is 2.35. The number of rotatable bonds is 5. The lowest BCUT2D eigenvalue weighted by molar-refractivity contribution is 0.0977. The summed E-state index contributed by atoms with van der Waals surface area (Å²) in [6.45, 7) is 1.77. The standard InChI is InChI=1S/C27H20ClN7O/c1-17-24(27(36)34(30-2)23-9-5-6-14-31-23)26-32-16-22(21-8-4-3-7-19(21)15-29)25(35(26)33-17)18-10-12-20(28)13-11-18/h3-14,16,30H,1-2H3. The van der Waals surface area contributed by atoms with Crippen molar-refractivity contribution < 1.29 is 4.79 Å². The zero-order chi connectivity index (χ0) is 25.2. The molecule has 176 valence electrons. The number of nitrogens with zero attached hydrogens (tertiary/aromatic N) is 6. The molecule has 0 spiro atoms. The van der Waals surface area contributed by atoms with Crippen molar-refractivity contribution in [3.63, 3.8) is 0 Å². The van der Waals surface area contributed by atoms with E-state index in [-0.39, 0.29) is 5.91 Å². The number of hydrazine groups is 1. The van der Waals surface area contributed by atoms with Gasteiger partial charge in [-0.1, -0.05) is 48.0 Å². The zero-order valence-electron chi connectivity index (χ0n) is 19.5. The molecule has 0 fully saturated rings. The van der Waals surface area contributed by atoms with Gasteiger partial charge in [0.2, 0.25) is 0 Å². The molecule has 0 saturated carbocycles. The van der Waals surface area contributed by atoms with E-state index in [1.807, 2.05) is 30.3 Å². The van der Waals surface area contributed by atoms with Crippen molar-refractivity contribution in [3.05, 3.63) is 101 Å². The van der Waals surface area contributed by atoms with Gasteiger partial charge in [-0.3, -0.25) is 4.79 Å². The Bertz CT molecular complexity index is 1620. The number of fused-ring (bicyclic) bond motifs is 1. The van der Waals surface area contributed by atoms with E-state index in [9.17, 15) is 10.1 Å². The molecular weight excluding hydrogens is 474 g/mol. The molecule has 0 unspecified atom stereocenters. The molecule has 3 aromatic heterocycles. The largest absolute Gasteiger partial charge is 0.279 e. The number of halogens is 1. The van der Waals surface area contributed by atoms with E-state index in [0.29, 0.717) is 50.1 Å². The van der Waals surface area contributed by atoms with E-state index < -0.39 is 0 Å². The summed E-state index contributed by atoms with van der Waals surface area (Å²) in [5.41, 5.74) is 7.56. The topological polar surface area (TPSA) is 99.2 Å². The molecule has 9 heteroatoms. The summed E-state index contributed by atoms with van der Waals surface area (Å²) in [6.07, 6.45) is 3.30. The van der Waals surface area contributed by atoms with Crippen LogP contribution in [-0.4, -0.2) is 32.5 Å². The normalized spacial score (nSPS) is 10.8. The maximum absolute atomic E-state index is 13.7. The minimum Gasteiger partial charge on any atom is -0.267 e. The van der Waals surface area contributed by atoms with Crippen LogP contribution in [0.4, 0.5) is 5.82 Å². The Balaban J connectivity index is 1.78. The van der Waals surface area contributed by atoms with Crippen LogP contribution >= 0.6 is 11.6 Å². The Kier molecular flexibility index (Phi) is 6.17. The van der Waals surface area contributed by atoms with Crippen LogP contribution in [0.2, 0.25) is 5.02 Å². The van der Waals surface area contributed by atoms with Gasteiger partial charge in [-0.05, 0) is 37.3 Å². The number of benzene rings is 2. The van der Waals surface area contributed by atoms with Crippen LogP contribution in [0, 0.1) is 18.3 Å². The number of aryl methyl sites for hydroxylation is 1. The lowest BCUT2D eigenvalue weighted by atomic mass is 9.97. The van der Waals surface area contributed by atoms with Crippen molar-refractivity contribution >= 4 is 29.0 Å². The summed E-state index contributed by atoms with van der Waals surface area (Å²) in [5.74, 6) is 0.102. The van der Waals surface area contributed by atoms with E-state index in [2.05, 4.69) is 21.5 Å². The number of hydrogen-bond acceptors (Lipinski definition) is 6. The second-order valence-electron chi connectivity index (χ2n) is 7.93. The molecule has 0 bridgehead atoms. The average Bonchev–Trinajstić information content (AvgIpc) is 3.25. The maximum atomic E-state index is 13.7. The van der Waals surface area contributed by atoms with Crippen LogP contribution in [0.15, 0.2) is 79.1 Å².